The molecule has 0 bridgehead atoms. The van der Waals surface area contributed by atoms with Crippen molar-refractivity contribution >= 4 is 29.4 Å². The number of ether oxygens (including phenoxy) is 2. The van der Waals surface area contributed by atoms with Crippen LogP contribution in [0.25, 0.3) is 0 Å². The Morgan fingerprint density at radius 1 is 1.26 bits per heavy atom. The van der Waals surface area contributed by atoms with E-state index in [4.69, 9.17) is 25.2 Å². The molecular weight excluding hydrogens is 518 g/mol. The van der Waals surface area contributed by atoms with Gasteiger partial charge in [-0.15, -0.1) is 0 Å². The van der Waals surface area contributed by atoms with Crippen molar-refractivity contribution in [2.24, 2.45) is 11.1 Å². The van der Waals surface area contributed by atoms with Crippen molar-refractivity contribution in [1.82, 2.24) is 19.9 Å². The Morgan fingerprint density at radius 3 is 2.69 bits per heavy atom. The Morgan fingerprint density at radius 2 is 2.03 bits per heavy atom. The minimum atomic E-state index is -0.211. The number of amides is 2. The molecule has 4 aliphatic rings. The highest BCUT2D eigenvalue weighted by Crippen LogP contribution is 2.45. The average molecular weight is 556 g/mol. The monoisotopic (exact) mass is 555 g/mol. The van der Waals surface area contributed by atoms with E-state index in [9.17, 15) is 9.90 Å². The summed E-state index contributed by atoms with van der Waals surface area (Å²) in [6.45, 7) is 11.1. The lowest BCUT2D eigenvalue weighted by molar-refractivity contribution is 0.0973. The van der Waals surface area contributed by atoms with Crippen molar-refractivity contribution in [2.45, 2.75) is 81.3 Å². The molecule has 1 spiro atoms. The third kappa shape index (κ3) is 4.41. The summed E-state index contributed by atoms with van der Waals surface area (Å²) in [5.41, 5.74) is 7.82. The fourth-order valence-corrected chi connectivity index (χ4v) is 7.14. The molecule has 2 amide bonds. The highest BCUT2D eigenvalue weighted by atomic mass is 32.2. The quantitative estimate of drug-likeness (QED) is 0.568. The van der Waals surface area contributed by atoms with Crippen LogP contribution in [0.15, 0.2) is 22.2 Å². The fraction of sp³-hybridized carbons (Fsp3) is 0.630. The number of pyridine rings is 1. The largest absolute Gasteiger partial charge is 0.486 e. The molecule has 12 heteroatoms. The van der Waals surface area contributed by atoms with Crippen LogP contribution in [0.5, 0.6) is 5.75 Å². The zero-order chi connectivity index (χ0) is 27.5. The van der Waals surface area contributed by atoms with Crippen LogP contribution in [0.2, 0.25) is 0 Å². The van der Waals surface area contributed by atoms with Crippen molar-refractivity contribution in [3.8, 4) is 5.75 Å². The first-order valence-electron chi connectivity index (χ1n) is 13.7. The average Bonchev–Trinajstić information content (AvgIpc) is 3.42. The van der Waals surface area contributed by atoms with E-state index in [1.165, 1.54) is 11.8 Å². The number of anilines is 2. The minimum Gasteiger partial charge on any atom is -0.486 e. The summed E-state index contributed by atoms with van der Waals surface area (Å²) in [5.74, 6) is 1.85. The van der Waals surface area contributed by atoms with E-state index < -0.39 is 0 Å². The highest BCUT2D eigenvalue weighted by Gasteiger charge is 2.48. The van der Waals surface area contributed by atoms with Crippen molar-refractivity contribution in [3.63, 3.8) is 0 Å². The predicted octanol–water partition coefficient (Wildman–Crippen LogP) is 2.57. The van der Waals surface area contributed by atoms with Crippen molar-refractivity contribution in [3.05, 3.63) is 23.7 Å². The number of rotatable bonds is 5. The molecule has 0 saturated carbocycles. The van der Waals surface area contributed by atoms with Gasteiger partial charge >= 0.3 is 6.03 Å². The van der Waals surface area contributed by atoms with Crippen LogP contribution in [0.1, 0.15) is 45.0 Å². The summed E-state index contributed by atoms with van der Waals surface area (Å²) in [7, 11) is 0. The number of fused-ring (bicyclic) bond motifs is 3. The number of nitrogens with two attached hydrogens (primary N) is 1. The molecule has 3 N–H and O–H groups in total. The van der Waals surface area contributed by atoms with E-state index >= 15 is 0 Å². The van der Waals surface area contributed by atoms with Crippen LogP contribution >= 0.6 is 11.8 Å². The molecule has 3 atom stereocenters. The van der Waals surface area contributed by atoms with Crippen molar-refractivity contribution in [1.29, 1.82) is 0 Å². The second-order valence-electron chi connectivity index (χ2n) is 11.4. The maximum atomic E-state index is 13.1. The Bertz CT molecular complexity index is 1270. The van der Waals surface area contributed by atoms with Crippen LogP contribution in [-0.4, -0.2) is 88.1 Å². The van der Waals surface area contributed by atoms with Gasteiger partial charge in [-0.25, -0.2) is 19.7 Å². The Kier molecular flexibility index (Phi) is 6.85. The maximum Gasteiger partial charge on any atom is 0.326 e. The van der Waals surface area contributed by atoms with Crippen LogP contribution in [0.3, 0.4) is 0 Å². The number of urea groups is 1. The van der Waals surface area contributed by atoms with E-state index in [-0.39, 0.29) is 42.3 Å². The first-order valence-corrected chi connectivity index (χ1v) is 14.5. The summed E-state index contributed by atoms with van der Waals surface area (Å²) in [5, 5.41) is 10.9. The van der Waals surface area contributed by atoms with E-state index in [1.54, 1.807) is 11.1 Å². The zero-order valence-electron chi connectivity index (χ0n) is 23.0. The van der Waals surface area contributed by atoms with Crippen LogP contribution in [0, 0.1) is 12.3 Å². The number of carbonyl (C=O) groups excluding carboxylic acids is 1. The van der Waals surface area contributed by atoms with E-state index in [0.29, 0.717) is 42.0 Å². The lowest BCUT2D eigenvalue weighted by atomic mass is 9.73. The van der Waals surface area contributed by atoms with Crippen LogP contribution < -0.4 is 20.3 Å². The second kappa shape index (κ2) is 10.1. The zero-order valence-corrected chi connectivity index (χ0v) is 23.8. The lowest BCUT2D eigenvalue weighted by Gasteiger charge is -2.42. The van der Waals surface area contributed by atoms with Gasteiger partial charge in [0.15, 0.2) is 17.4 Å². The molecule has 3 saturated heterocycles. The number of aromatic nitrogens is 3. The molecule has 39 heavy (non-hydrogen) atoms. The van der Waals surface area contributed by atoms with Gasteiger partial charge in [0, 0.05) is 43.3 Å². The Labute approximate surface area is 233 Å². The van der Waals surface area contributed by atoms with E-state index in [0.717, 1.165) is 42.3 Å². The molecule has 1 unspecified atom stereocenters. The lowest BCUT2D eigenvalue weighted by Crippen LogP contribution is -2.51. The van der Waals surface area contributed by atoms with Crippen LogP contribution in [-0.2, 0) is 11.3 Å². The molecule has 2 aromatic heterocycles. The smallest absolute Gasteiger partial charge is 0.326 e. The van der Waals surface area contributed by atoms with Gasteiger partial charge in [-0.1, -0.05) is 11.8 Å². The molecule has 6 heterocycles. The highest BCUT2D eigenvalue weighted by molar-refractivity contribution is 7.99. The summed E-state index contributed by atoms with van der Waals surface area (Å²) < 4.78 is 12.0. The maximum absolute atomic E-state index is 13.1. The van der Waals surface area contributed by atoms with Gasteiger partial charge in [0.1, 0.15) is 17.3 Å². The van der Waals surface area contributed by atoms with E-state index in [1.807, 2.05) is 38.7 Å². The molecule has 210 valence electrons. The Hall–Kier alpha value is -2.67. The molecule has 0 aromatic carbocycles. The van der Waals surface area contributed by atoms with Crippen molar-refractivity contribution in [2.75, 3.05) is 42.6 Å². The standard InChI is InChI=1S/C27H37N7O4S/c1-15(2)33-11-18-13-37-21-20(5-8-29-24(21)34(18)26(33)36)39-25-16(3)30-23(19(12-35)31-25)32-9-6-27(7-10-32)14-38-17(4)22(27)28/h5,8,15,17-18,22,35H,6-7,9-14,28H2,1-4H3/t17-,18?,22+/m0/s1. The van der Waals surface area contributed by atoms with Gasteiger partial charge in [0.25, 0.3) is 0 Å². The van der Waals surface area contributed by atoms with Gasteiger partial charge in [-0.05, 0) is 46.6 Å². The molecule has 6 rings (SSSR count). The SMILES string of the molecule is Cc1nc(N2CCC3(CC2)CO[C@@H](C)[C@H]3N)c(CO)nc1Sc1ccnc2c1OCC1CN(C(C)C)C(=O)N21. The summed E-state index contributed by atoms with van der Waals surface area (Å²) in [6, 6.07) is 1.92. The number of aryl methyl sites for hydroxylation is 1. The van der Waals surface area contributed by atoms with Crippen molar-refractivity contribution < 1.29 is 19.4 Å². The Balaban J connectivity index is 1.24. The third-order valence-corrected chi connectivity index (χ3v) is 9.81. The molecular formula is C27H37N7O4S. The predicted molar refractivity (Wildman–Crippen MR) is 147 cm³/mol. The molecule has 2 aromatic rings. The number of hydrogen-bond acceptors (Lipinski definition) is 10. The van der Waals surface area contributed by atoms with E-state index in [2.05, 4.69) is 9.88 Å². The first-order chi connectivity index (χ1) is 18.7. The summed E-state index contributed by atoms with van der Waals surface area (Å²) in [6.07, 6.45) is 3.62. The number of carbonyl (C=O) groups is 1. The number of hydrogen-bond donors (Lipinski definition) is 2. The number of nitrogens with zero attached hydrogens (tertiary/aromatic N) is 6. The van der Waals surface area contributed by atoms with Gasteiger partial charge in [0.2, 0.25) is 0 Å². The minimum absolute atomic E-state index is 0.00985. The molecule has 0 radical (unpaired) electrons. The number of piperidine rings is 1. The number of aliphatic hydroxyl groups excluding tert-OH is 1. The first kappa shape index (κ1) is 26.5. The summed E-state index contributed by atoms with van der Waals surface area (Å²) in [4.78, 5) is 34.0. The van der Waals surface area contributed by atoms with Crippen LogP contribution in [0.4, 0.5) is 16.4 Å². The molecule has 4 aliphatic heterocycles. The van der Waals surface area contributed by atoms with Gasteiger partial charge in [0.05, 0.1) is 35.9 Å². The normalized spacial score (nSPS) is 25.9. The summed E-state index contributed by atoms with van der Waals surface area (Å²) >= 11 is 1.42. The van der Waals surface area contributed by atoms with Gasteiger partial charge in [-0.3, -0.25) is 4.90 Å². The molecule has 11 nitrogen and oxygen atoms in total. The topological polar surface area (TPSA) is 130 Å². The molecule has 3 fully saturated rings. The second-order valence-corrected chi connectivity index (χ2v) is 12.4. The fourth-order valence-electron chi connectivity index (χ4n) is 6.21. The van der Waals surface area contributed by atoms with Gasteiger partial charge in [-0.2, -0.15) is 0 Å². The van der Waals surface area contributed by atoms with Gasteiger partial charge < -0.3 is 30.1 Å². The molecule has 0 aliphatic carbocycles. The third-order valence-electron chi connectivity index (χ3n) is 8.68. The number of aliphatic hydroxyl groups is 1.